The maximum atomic E-state index is 5.11. The maximum Gasteiger partial charge on any atom is 0.268 e. The van der Waals surface area contributed by atoms with Gasteiger partial charge < -0.3 is 9.15 Å². The third-order valence-electron chi connectivity index (χ3n) is 1.46. The number of fused-ring (bicyclic) bond motifs is 1. The van der Waals surface area contributed by atoms with Crippen molar-refractivity contribution in [2.24, 2.45) is 0 Å². The fourth-order valence-corrected chi connectivity index (χ4v) is 1.12. The number of oxazole rings is 1. The summed E-state index contributed by atoms with van der Waals surface area (Å²) in [6.07, 6.45) is 0. The van der Waals surface area contributed by atoms with Crippen LogP contribution in [-0.2, 0) is 0 Å². The van der Waals surface area contributed by atoms with Crippen LogP contribution in [0.3, 0.4) is 0 Å². The number of hydrogen-bond acceptors (Lipinski definition) is 4. The molecule has 0 aliphatic heterocycles. The van der Waals surface area contributed by atoms with Gasteiger partial charge in [0.1, 0.15) is 0 Å². The predicted octanol–water partition coefficient (Wildman–Crippen LogP) is 1.89. The van der Waals surface area contributed by atoms with E-state index >= 15 is 0 Å². The van der Waals surface area contributed by atoms with Gasteiger partial charge in [-0.1, -0.05) is 0 Å². The zero-order chi connectivity index (χ0) is 8.55. The standard InChI is InChI=1S/C7H6N2O2S/c1-10-5-3-2-4-6(8-5)9-7(12)11-4/h2-3H,1H3,(H,8,9,12). The Morgan fingerprint density at radius 2 is 2.42 bits per heavy atom. The van der Waals surface area contributed by atoms with Crippen LogP contribution < -0.4 is 4.74 Å². The van der Waals surface area contributed by atoms with Crippen molar-refractivity contribution >= 4 is 23.4 Å². The fourth-order valence-electron chi connectivity index (χ4n) is 0.936. The Labute approximate surface area is 73.2 Å². The largest absolute Gasteiger partial charge is 0.481 e. The lowest BCUT2D eigenvalue weighted by atomic mass is 10.4. The molecule has 0 bridgehead atoms. The van der Waals surface area contributed by atoms with Crippen molar-refractivity contribution in [2.45, 2.75) is 0 Å². The van der Waals surface area contributed by atoms with E-state index in [2.05, 4.69) is 9.97 Å². The van der Waals surface area contributed by atoms with Crippen molar-refractivity contribution in [3.63, 3.8) is 0 Å². The molecule has 2 aromatic rings. The number of aromatic nitrogens is 2. The second-order valence-electron chi connectivity index (χ2n) is 2.21. The number of H-pyrrole nitrogens is 1. The topological polar surface area (TPSA) is 51.0 Å². The van der Waals surface area contributed by atoms with E-state index in [1.807, 2.05) is 0 Å². The Morgan fingerprint density at radius 3 is 3.17 bits per heavy atom. The molecule has 0 unspecified atom stereocenters. The highest BCUT2D eigenvalue weighted by Gasteiger charge is 2.00. The van der Waals surface area contributed by atoms with E-state index in [1.165, 1.54) is 0 Å². The van der Waals surface area contributed by atoms with E-state index in [4.69, 9.17) is 21.4 Å². The Balaban J connectivity index is 2.74. The van der Waals surface area contributed by atoms with Crippen LogP contribution in [0.25, 0.3) is 11.2 Å². The summed E-state index contributed by atoms with van der Waals surface area (Å²) in [5.41, 5.74) is 1.25. The Hall–Kier alpha value is -1.36. The zero-order valence-electron chi connectivity index (χ0n) is 6.33. The van der Waals surface area contributed by atoms with Crippen LogP contribution in [0.4, 0.5) is 0 Å². The quantitative estimate of drug-likeness (QED) is 0.684. The van der Waals surface area contributed by atoms with Crippen molar-refractivity contribution in [2.75, 3.05) is 7.11 Å². The van der Waals surface area contributed by atoms with Crippen molar-refractivity contribution < 1.29 is 9.15 Å². The SMILES string of the molecule is COc1ccc2oc(=S)[nH]c2n1. The monoisotopic (exact) mass is 182 g/mol. The van der Waals surface area contributed by atoms with Crippen molar-refractivity contribution in [3.05, 3.63) is 17.0 Å². The van der Waals surface area contributed by atoms with Crippen molar-refractivity contribution in [1.29, 1.82) is 0 Å². The summed E-state index contributed by atoms with van der Waals surface area (Å²) in [4.78, 5) is 7.19. The molecule has 2 rings (SSSR count). The van der Waals surface area contributed by atoms with Gasteiger partial charge >= 0.3 is 0 Å². The maximum absolute atomic E-state index is 5.11. The van der Waals surface area contributed by atoms with E-state index < -0.39 is 0 Å². The average molecular weight is 182 g/mol. The van der Waals surface area contributed by atoms with E-state index in [0.29, 0.717) is 21.9 Å². The second-order valence-corrected chi connectivity index (χ2v) is 2.59. The summed E-state index contributed by atoms with van der Waals surface area (Å²) >= 11 is 4.79. The van der Waals surface area contributed by atoms with Crippen LogP contribution in [0.1, 0.15) is 0 Å². The van der Waals surface area contributed by atoms with E-state index in [-0.39, 0.29) is 0 Å². The van der Waals surface area contributed by atoms with Crippen LogP contribution in [-0.4, -0.2) is 17.1 Å². The number of hydrogen-bond donors (Lipinski definition) is 1. The van der Waals surface area contributed by atoms with Gasteiger partial charge in [-0.05, 0) is 18.3 Å². The summed E-state index contributed by atoms with van der Waals surface area (Å²) in [6.45, 7) is 0. The van der Waals surface area contributed by atoms with Crippen LogP contribution in [0.2, 0.25) is 0 Å². The molecule has 0 aliphatic rings. The van der Waals surface area contributed by atoms with Gasteiger partial charge in [-0.3, -0.25) is 4.98 Å². The van der Waals surface area contributed by atoms with Crippen molar-refractivity contribution in [1.82, 2.24) is 9.97 Å². The second kappa shape index (κ2) is 2.60. The molecule has 0 aliphatic carbocycles. The highest BCUT2D eigenvalue weighted by molar-refractivity contribution is 7.71. The fraction of sp³-hybridized carbons (Fsp3) is 0.143. The van der Waals surface area contributed by atoms with Gasteiger partial charge in [-0.2, -0.15) is 4.98 Å². The molecule has 1 N–H and O–H groups in total. The molecular weight excluding hydrogens is 176 g/mol. The van der Waals surface area contributed by atoms with E-state index in [1.54, 1.807) is 19.2 Å². The van der Waals surface area contributed by atoms with Gasteiger partial charge in [-0.15, -0.1) is 0 Å². The number of aromatic amines is 1. The highest BCUT2D eigenvalue weighted by Crippen LogP contribution is 2.14. The lowest BCUT2D eigenvalue weighted by Gasteiger charge is -1.94. The molecule has 0 fully saturated rings. The molecule has 0 amide bonds. The van der Waals surface area contributed by atoms with Gasteiger partial charge in [0.25, 0.3) is 4.84 Å². The van der Waals surface area contributed by atoms with Crippen molar-refractivity contribution in [3.8, 4) is 5.88 Å². The number of nitrogens with zero attached hydrogens (tertiary/aromatic N) is 1. The van der Waals surface area contributed by atoms with E-state index in [0.717, 1.165) is 0 Å². The number of pyridine rings is 1. The van der Waals surface area contributed by atoms with Crippen LogP contribution in [0, 0.1) is 4.84 Å². The summed E-state index contributed by atoms with van der Waals surface area (Å²) < 4.78 is 10.0. The number of nitrogens with one attached hydrogen (secondary N) is 1. The molecule has 4 nitrogen and oxygen atoms in total. The van der Waals surface area contributed by atoms with Gasteiger partial charge in [0, 0.05) is 6.07 Å². The summed E-state index contributed by atoms with van der Waals surface area (Å²) in [6, 6.07) is 3.47. The molecule has 0 radical (unpaired) electrons. The summed E-state index contributed by atoms with van der Waals surface area (Å²) in [5, 5.41) is 0. The number of ether oxygens (including phenoxy) is 1. The van der Waals surface area contributed by atoms with Crippen LogP contribution >= 0.6 is 12.2 Å². The Morgan fingerprint density at radius 1 is 1.58 bits per heavy atom. The molecule has 2 aromatic heterocycles. The zero-order valence-corrected chi connectivity index (χ0v) is 7.14. The molecule has 62 valence electrons. The van der Waals surface area contributed by atoms with Gasteiger partial charge in [0.05, 0.1) is 7.11 Å². The normalized spacial score (nSPS) is 10.4. The van der Waals surface area contributed by atoms with E-state index in [9.17, 15) is 0 Å². The first-order chi connectivity index (χ1) is 5.79. The molecule has 5 heteroatoms. The minimum absolute atomic E-state index is 0.325. The molecule has 0 atom stereocenters. The van der Waals surface area contributed by atoms with Gasteiger partial charge in [0.15, 0.2) is 11.2 Å². The lowest BCUT2D eigenvalue weighted by molar-refractivity contribution is 0.399. The predicted molar refractivity (Wildman–Crippen MR) is 45.7 cm³/mol. The first-order valence-electron chi connectivity index (χ1n) is 3.33. The smallest absolute Gasteiger partial charge is 0.268 e. The molecule has 12 heavy (non-hydrogen) atoms. The highest BCUT2D eigenvalue weighted by atomic mass is 32.1. The minimum atomic E-state index is 0.325. The average Bonchev–Trinajstić information content (AvgIpc) is 2.43. The van der Waals surface area contributed by atoms with Gasteiger partial charge in [0.2, 0.25) is 5.88 Å². The third-order valence-corrected chi connectivity index (χ3v) is 1.65. The third kappa shape index (κ3) is 1.08. The lowest BCUT2D eigenvalue weighted by Crippen LogP contribution is -1.86. The molecule has 2 heterocycles. The number of rotatable bonds is 1. The summed E-state index contributed by atoms with van der Waals surface area (Å²) in [5.74, 6) is 0.537. The van der Waals surface area contributed by atoms with Crippen LogP contribution in [0.5, 0.6) is 5.88 Å². The molecule has 0 aromatic carbocycles. The Bertz CT molecular complexity index is 460. The molecule has 0 spiro atoms. The summed E-state index contributed by atoms with van der Waals surface area (Å²) in [7, 11) is 1.56. The molecule has 0 saturated heterocycles. The van der Waals surface area contributed by atoms with Gasteiger partial charge in [-0.25, -0.2) is 0 Å². The molecular formula is C7H6N2O2S. The number of methoxy groups -OCH3 is 1. The van der Waals surface area contributed by atoms with Crippen LogP contribution in [0.15, 0.2) is 16.5 Å². The Kier molecular flexibility index (Phi) is 1.58. The first-order valence-corrected chi connectivity index (χ1v) is 3.74. The first kappa shape index (κ1) is 7.30. The molecule has 0 saturated carbocycles. The minimum Gasteiger partial charge on any atom is -0.481 e.